The van der Waals surface area contributed by atoms with Crippen LogP contribution in [0.1, 0.15) is 5.56 Å². The van der Waals surface area contributed by atoms with Gasteiger partial charge in [0.15, 0.2) is 0 Å². The smallest absolute Gasteiger partial charge is 0.247 e. The van der Waals surface area contributed by atoms with Gasteiger partial charge in [0, 0.05) is 4.90 Å². The molecule has 0 spiro atoms. The molecule has 0 fully saturated rings. The highest BCUT2D eigenvalue weighted by Crippen LogP contribution is 2.36. The molecule has 2 amide bonds. The Morgan fingerprint density at radius 3 is 2.83 bits per heavy atom. The predicted molar refractivity (Wildman–Crippen MR) is 71.5 cm³/mol. The molecule has 2 rings (SSSR count). The van der Waals surface area contributed by atoms with Crippen molar-refractivity contribution in [1.29, 1.82) is 0 Å². The molecule has 0 unspecified atom stereocenters. The summed E-state index contributed by atoms with van der Waals surface area (Å²) in [5.41, 5.74) is 12.5. The summed E-state index contributed by atoms with van der Waals surface area (Å²) in [6.07, 6.45) is 0.719. The number of carbonyl (C=O) groups is 2. The molecule has 1 aliphatic rings. The Labute approximate surface area is 110 Å². The third kappa shape index (κ3) is 2.40. The topological polar surface area (TPSA) is 89.4 Å². The van der Waals surface area contributed by atoms with Gasteiger partial charge < -0.3 is 11.5 Å². The van der Waals surface area contributed by atoms with Crippen molar-refractivity contribution >= 4 is 29.3 Å². The molecule has 0 atom stereocenters. The van der Waals surface area contributed by atoms with E-state index in [1.165, 1.54) is 16.7 Å². The fourth-order valence-electron chi connectivity index (χ4n) is 1.89. The van der Waals surface area contributed by atoms with Crippen molar-refractivity contribution in [2.75, 3.05) is 23.7 Å². The zero-order valence-corrected chi connectivity index (χ0v) is 10.7. The highest BCUT2D eigenvalue weighted by molar-refractivity contribution is 8.00. The van der Waals surface area contributed by atoms with Crippen LogP contribution >= 0.6 is 11.8 Å². The van der Waals surface area contributed by atoms with Crippen molar-refractivity contribution in [3.63, 3.8) is 0 Å². The molecule has 96 valence electrons. The van der Waals surface area contributed by atoms with E-state index in [4.69, 9.17) is 11.5 Å². The maximum atomic E-state index is 11.8. The number of hydrogen-bond donors (Lipinski definition) is 2. The molecule has 6 heteroatoms. The minimum atomic E-state index is -0.369. The van der Waals surface area contributed by atoms with Gasteiger partial charge in [-0.3, -0.25) is 9.59 Å². The summed E-state index contributed by atoms with van der Waals surface area (Å²) in [6, 6.07) is 5.74. The van der Waals surface area contributed by atoms with Crippen molar-refractivity contribution in [3.8, 4) is 0 Å². The van der Waals surface area contributed by atoms with Gasteiger partial charge in [-0.15, -0.1) is 11.8 Å². The summed E-state index contributed by atoms with van der Waals surface area (Å²) in [6.45, 7) is 0.363. The molecule has 0 saturated heterocycles. The molecular formula is C12H15N3O2S. The summed E-state index contributed by atoms with van der Waals surface area (Å²) in [7, 11) is 0. The number of benzene rings is 1. The summed E-state index contributed by atoms with van der Waals surface area (Å²) in [5.74, 6) is -0.311. The van der Waals surface area contributed by atoms with Crippen LogP contribution in [0.4, 0.5) is 5.69 Å². The molecule has 18 heavy (non-hydrogen) atoms. The van der Waals surface area contributed by atoms with Crippen LogP contribution in [0.2, 0.25) is 0 Å². The van der Waals surface area contributed by atoms with E-state index >= 15 is 0 Å². The van der Waals surface area contributed by atoms with E-state index in [2.05, 4.69) is 0 Å². The molecule has 0 aliphatic carbocycles. The maximum absolute atomic E-state index is 11.8. The summed E-state index contributed by atoms with van der Waals surface area (Å²) in [5, 5.41) is 0. The van der Waals surface area contributed by atoms with Crippen LogP contribution in [0, 0.1) is 0 Å². The monoisotopic (exact) mass is 265 g/mol. The van der Waals surface area contributed by atoms with Gasteiger partial charge in [0.05, 0.1) is 18.0 Å². The molecule has 1 aliphatic heterocycles. The zero-order valence-electron chi connectivity index (χ0n) is 9.89. The molecular weight excluding hydrogens is 250 g/mol. The maximum Gasteiger partial charge on any atom is 0.247 e. The molecule has 0 radical (unpaired) electrons. The number of hydrogen-bond acceptors (Lipinski definition) is 5. The number of thioether (sulfide) groups is 1. The standard InChI is InChI=1S/C12H15N3O2S/c13-4-3-8-1-2-10-9(5-8)15(11(16)6-14)12(17)7-18-10/h1-2,5H,3-4,6-7,13-14H2. The van der Waals surface area contributed by atoms with Gasteiger partial charge in [0.25, 0.3) is 0 Å². The molecule has 0 bridgehead atoms. The highest BCUT2D eigenvalue weighted by atomic mass is 32.2. The largest absolute Gasteiger partial charge is 0.330 e. The fourth-order valence-corrected chi connectivity index (χ4v) is 2.76. The Kier molecular flexibility index (Phi) is 4.00. The van der Waals surface area contributed by atoms with Crippen molar-refractivity contribution in [1.82, 2.24) is 0 Å². The molecule has 5 nitrogen and oxygen atoms in total. The Morgan fingerprint density at radius 1 is 1.39 bits per heavy atom. The summed E-state index contributed by atoms with van der Waals surface area (Å²) >= 11 is 1.44. The molecule has 4 N–H and O–H groups in total. The van der Waals surface area contributed by atoms with E-state index in [0.717, 1.165) is 16.9 Å². The average Bonchev–Trinajstić information content (AvgIpc) is 2.38. The second-order valence-electron chi connectivity index (χ2n) is 3.96. The minimum absolute atomic E-state index is 0.170. The first-order valence-electron chi connectivity index (χ1n) is 5.69. The van der Waals surface area contributed by atoms with E-state index in [1.807, 2.05) is 18.2 Å². The molecule has 0 aromatic heterocycles. The van der Waals surface area contributed by atoms with Crippen molar-refractivity contribution in [2.24, 2.45) is 11.5 Å². The number of amides is 2. The molecule has 1 heterocycles. The zero-order chi connectivity index (χ0) is 13.1. The number of rotatable bonds is 3. The Balaban J connectivity index is 2.43. The lowest BCUT2D eigenvalue weighted by Gasteiger charge is -2.27. The molecule has 0 saturated carbocycles. The lowest BCUT2D eigenvalue weighted by atomic mass is 10.1. The van der Waals surface area contributed by atoms with Gasteiger partial charge in [0.2, 0.25) is 11.8 Å². The number of nitrogens with zero attached hydrogens (tertiary/aromatic N) is 1. The van der Waals surface area contributed by atoms with E-state index in [0.29, 0.717) is 12.2 Å². The normalized spacial score (nSPS) is 14.6. The van der Waals surface area contributed by atoms with Crippen LogP contribution in [0.15, 0.2) is 23.1 Å². The number of anilines is 1. The first-order chi connectivity index (χ1) is 8.67. The van der Waals surface area contributed by atoms with Crippen LogP contribution in [0.25, 0.3) is 0 Å². The van der Waals surface area contributed by atoms with Crippen LogP contribution in [-0.4, -0.2) is 30.7 Å². The van der Waals surface area contributed by atoms with Gasteiger partial charge >= 0.3 is 0 Å². The number of nitrogens with two attached hydrogens (primary N) is 2. The highest BCUT2D eigenvalue weighted by Gasteiger charge is 2.29. The van der Waals surface area contributed by atoms with Crippen molar-refractivity contribution < 1.29 is 9.59 Å². The molecule has 1 aromatic rings. The summed E-state index contributed by atoms with van der Waals surface area (Å²) < 4.78 is 0. The lowest BCUT2D eigenvalue weighted by molar-refractivity contribution is -0.124. The Morgan fingerprint density at radius 2 is 2.17 bits per heavy atom. The predicted octanol–water partition coefficient (Wildman–Crippen LogP) is 0.112. The fraction of sp³-hybridized carbons (Fsp3) is 0.333. The van der Waals surface area contributed by atoms with Crippen molar-refractivity contribution in [3.05, 3.63) is 23.8 Å². The number of imide groups is 1. The third-order valence-electron chi connectivity index (χ3n) is 2.72. The van der Waals surface area contributed by atoms with Gasteiger partial charge in [-0.2, -0.15) is 0 Å². The first kappa shape index (κ1) is 13.1. The minimum Gasteiger partial charge on any atom is -0.330 e. The third-order valence-corrected chi connectivity index (χ3v) is 3.77. The van der Waals surface area contributed by atoms with Crippen molar-refractivity contribution in [2.45, 2.75) is 11.3 Å². The van der Waals surface area contributed by atoms with Crippen LogP contribution in [-0.2, 0) is 16.0 Å². The second kappa shape index (κ2) is 5.51. The van der Waals surface area contributed by atoms with E-state index in [9.17, 15) is 9.59 Å². The van der Waals surface area contributed by atoms with Gasteiger partial charge in [-0.1, -0.05) is 6.07 Å². The Hall–Kier alpha value is -1.37. The van der Waals surface area contributed by atoms with E-state index < -0.39 is 0 Å². The summed E-state index contributed by atoms with van der Waals surface area (Å²) in [4.78, 5) is 25.7. The Bertz CT molecular complexity index is 490. The number of carbonyl (C=O) groups excluding carboxylic acids is 2. The van der Waals surface area contributed by atoms with Crippen LogP contribution in [0.3, 0.4) is 0 Å². The molecule has 1 aromatic carbocycles. The van der Waals surface area contributed by atoms with Gasteiger partial charge in [0.1, 0.15) is 0 Å². The van der Waals surface area contributed by atoms with Gasteiger partial charge in [-0.05, 0) is 30.7 Å². The van der Waals surface area contributed by atoms with E-state index in [-0.39, 0.29) is 24.1 Å². The lowest BCUT2D eigenvalue weighted by Crippen LogP contribution is -2.43. The quantitative estimate of drug-likeness (QED) is 0.809. The van der Waals surface area contributed by atoms with E-state index in [1.54, 1.807) is 0 Å². The van der Waals surface area contributed by atoms with Gasteiger partial charge in [-0.25, -0.2) is 4.90 Å². The first-order valence-corrected chi connectivity index (χ1v) is 6.67. The number of fused-ring (bicyclic) bond motifs is 1. The van der Waals surface area contributed by atoms with Crippen LogP contribution < -0.4 is 16.4 Å². The van der Waals surface area contributed by atoms with Crippen LogP contribution in [0.5, 0.6) is 0 Å². The average molecular weight is 265 g/mol. The second-order valence-corrected chi connectivity index (χ2v) is 4.97. The SMILES string of the molecule is NCCc1ccc2c(c1)N(C(=O)CN)C(=O)CS2.